The summed E-state index contributed by atoms with van der Waals surface area (Å²) in [5.41, 5.74) is 1.28. The monoisotopic (exact) mass is 191 g/mol. The summed E-state index contributed by atoms with van der Waals surface area (Å²) in [6, 6.07) is 0.346. The predicted molar refractivity (Wildman–Crippen MR) is 59.9 cm³/mol. The maximum Gasteiger partial charge on any atom is 0.0825 e. The molecule has 2 aliphatic heterocycles. The highest BCUT2D eigenvalue weighted by Crippen LogP contribution is 2.33. The van der Waals surface area contributed by atoms with Gasteiger partial charge in [0, 0.05) is 25.4 Å². The van der Waals surface area contributed by atoms with Crippen molar-refractivity contribution in [1.82, 2.24) is 5.01 Å². The van der Waals surface area contributed by atoms with Crippen LogP contribution in [0.5, 0.6) is 0 Å². The number of dihydropyridines is 1. The Hall–Kier alpha value is -1.12. The molecule has 0 aromatic heterocycles. The fourth-order valence-electron chi connectivity index (χ4n) is 2.27. The van der Waals surface area contributed by atoms with E-state index in [-0.39, 0.29) is 5.54 Å². The third kappa shape index (κ3) is 1.37. The van der Waals surface area contributed by atoms with Gasteiger partial charge in [0.05, 0.1) is 11.6 Å². The van der Waals surface area contributed by atoms with E-state index in [9.17, 15) is 0 Å². The molecule has 0 aliphatic carbocycles. The molecule has 3 heteroatoms. The Morgan fingerprint density at radius 2 is 2.36 bits per heavy atom. The molecular formula is C11H17N3. The molecule has 2 rings (SSSR count). The summed E-state index contributed by atoms with van der Waals surface area (Å²) in [4.78, 5) is 4.54. The highest BCUT2D eigenvalue weighted by molar-refractivity contribution is 5.84. The lowest BCUT2D eigenvalue weighted by atomic mass is 9.85. The van der Waals surface area contributed by atoms with Gasteiger partial charge in [-0.3, -0.25) is 10.0 Å². The first-order valence-corrected chi connectivity index (χ1v) is 5.09. The number of hydrogen-bond donors (Lipinski definition) is 0. The maximum atomic E-state index is 4.54. The van der Waals surface area contributed by atoms with Gasteiger partial charge in [-0.25, -0.2) is 0 Å². The first-order valence-electron chi connectivity index (χ1n) is 5.09. The van der Waals surface area contributed by atoms with Crippen molar-refractivity contribution in [2.24, 2.45) is 10.1 Å². The molecule has 0 amide bonds. The summed E-state index contributed by atoms with van der Waals surface area (Å²) < 4.78 is 0. The van der Waals surface area contributed by atoms with Gasteiger partial charge in [-0.2, -0.15) is 5.10 Å². The van der Waals surface area contributed by atoms with E-state index in [1.165, 1.54) is 5.71 Å². The van der Waals surface area contributed by atoms with Gasteiger partial charge in [0.2, 0.25) is 0 Å². The molecule has 0 spiro atoms. The summed E-state index contributed by atoms with van der Waals surface area (Å²) in [5.74, 6) is 0. The Morgan fingerprint density at radius 1 is 1.57 bits per heavy atom. The van der Waals surface area contributed by atoms with Gasteiger partial charge < -0.3 is 0 Å². The van der Waals surface area contributed by atoms with Gasteiger partial charge >= 0.3 is 0 Å². The lowest BCUT2D eigenvalue weighted by molar-refractivity contribution is 0.140. The van der Waals surface area contributed by atoms with Gasteiger partial charge in [-0.05, 0) is 26.3 Å². The fraction of sp³-hybridized carbons (Fsp3) is 0.636. The second kappa shape index (κ2) is 3.23. The van der Waals surface area contributed by atoms with Crippen LogP contribution in [-0.2, 0) is 0 Å². The van der Waals surface area contributed by atoms with Crippen LogP contribution < -0.4 is 0 Å². The summed E-state index contributed by atoms with van der Waals surface area (Å²) >= 11 is 0. The van der Waals surface area contributed by atoms with Crippen LogP contribution in [0.25, 0.3) is 0 Å². The quantitative estimate of drug-likeness (QED) is 0.621. The molecule has 2 unspecified atom stereocenters. The number of nitrogens with zero attached hydrogens (tertiary/aromatic N) is 3. The molecule has 0 saturated heterocycles. The zero-order valence-electron chi connectivity index (χ0n) is 9.07. The molecule has 0 radical (unpaired) electrons. The molecule has 0 fully saturated rings. The molecule has 0 bridgehead atoms. The van der Waals surface area contributed by atoms with E-state index in [0.29, 0.717) is 6.04 Å². The second-order valence-corrected chi connectivity index (χ2v) is 4.37. The van der Waals surface area contributed by atoms with Gasteiger partial charge in [-0.1, -0.05) is 6.08 Å². The Morgan fingerprint density at radius 3 is 2.86 bits per heavy atom. The van der Waals surface area contributed by atoms with E-state index in [1.807, 2.05) is 19.3 Å². The van der Waals surface area contributed by atoms with Crippen LogP contribution in [0.2, 0.25) is 0 Å². The minimum Gasteiger partial charge on any atom is -0.292 e. The highest BCUT2D eigenvalue weighted by atomic mass is 15.5. The van der Waals surface area contributed by atoms with E-state index in [4.69, 9.17) is 0 Å². The molecule has 0 aromatic rings. The molecule has 0 N–H and O–H groups in total. The van der Waals surface area contributed by atoms with Gasteiger partial charge in [0.1, 0.15) is 0 Å². The average Bonchev–Trinajstić information content (AvgIpc) is 2.43. The zero-order chi connectivity index (χ0) is 10.2. The third-order valence-electron chi connectivity index (χ3n) is 3.24. The Labute approximate surface area is 85.2 Å². The van der Waals surface area contributed by atoms with Crippen molar-refractivity contribution >= 4 is 11.9 Å². The van der Waals surface area contributed by atoms with Crippen molar-refractivity contribution in [2.75, 3.05) is 7.05 Å². The van der Waals surface area contributed by atoms with E-state index < -0.39 is 0 Å². The average molecular weight is 191 g/mol. The number of hydrazone groups is 1. The van der Waals surface area contributed by atoms with Gasteiger partial charge in [0.25, 0.3) is 0 Å². The van der Waals surface area contributed by atoms with E-state index in [1.54, 1.807) is 0 Å². The fourth-order valence-corrected chi connectivity index (χ4v) is 2.27. The lowest BCUT2D eigenvalue weighted by Crippen LogP contribution is -2.47. The van der Waals surface area contributed by atoms with Crippen molar-refractivity contribution in [3.8, 4) is 0 Å². The normalized spacial score (nSPS) is 36.4. The first kappa shape index (κ1) is 9.44. The largest absolute Gasteiger partial charge is 0.292 e. The lowest BCUT2D eigenvalue weighted by Gasteiger charge is -2.37. The molecule has 0 aromatic carbocycles. The van der Waals surface area contributed by atoms with Crippen LogP contribution >= 0.6 is 0 Å². The van der Waals surface area contributed by atoms with Gasteiger partial charge in [-0.15, -0.1) is 0 Å². The van der Waals surface area contributed by atoms with E-state index in [0.717, 1.165) is 12.8 Å². The van der Waals surface area contributed by atoms with Gasteiger partial charge in [0.15, 0.2) is 0 Å². The summed E-state index contributed by atoms with van der Waals surface area (Å²) in [7, 11) is 2.05. The maximum absolute atomic E-state index is 4.54. The molecule has 14 heavy (non-hydrogen) atoms. The molecule has 2 heterocycles. The molecule has 2 aliphatic rings. The number of allylic oxidation sites excluding steroid dienone is 1. The minimum absolute atomic E-state index is 0.0747. The number of rotatable bonds is 1. The molecule has 2 atom stereocenters. The zero-order valence-corrected chi connectivity index (χ0v) is 9.07. The third-order valence-corrected chi connectivity index (χ3v) is 3.24. The van der Waals surface area contributed by atoms with Crippen molar-refractivity contribution in [3.05, 3.63) is 12.2 Å². The smallest absolute Gasteiger partial charge is 0.0825 e. The van der Waals surface area contributed by atoms with Crippen molar-refractivity contribution in [2.45, 2.75) is 38.3 Å². The predicted octanol–water partition coefficient (Wildman–Crippen LogP) is 1.86. The summed E-state index contributed by atoms with van der Waals surface area (Å²) in [6.07, 6.45) is 8.16. The topological polar surface area (TPSA) is 28.0 Å². The van der Waals surface area contributed by atoms with Crippen molar-refractivity contribution in [3.63, 3.8) is 0 Å². The van der Waals surface area contributed by atoms with E-state index >= 15 is 0 Å². The molecule has 3 nitrogen and oxygen atoms in total. The second-order valence-electron chi connectivity index (χ2n) is 4.37. The van der Waals surface area contributed by atoms with Crippen LogP contribution in [0.1, 0.15) is 26.7 Å². The summed E-state index contributed by atoms with van der Waals surface area (Å²) in [6.45, 7) is 4.33. The van der Waals surface area contributed by atoms with Crippen LogP contribution in [-0.4, -0.2) is 35.6 Å². The molecule has 0 saturated carbocycles. The number of likely N-dealkylation sites (N-methyl/N-ethyl adjacent to an activating group) is 1. The standard InChI is InChI=1S/C11H17N3/c1-9-8-11(2,14(3)13-9)10-6-4-5-7-12-10/h4-5,7,10H,6,8H2,1-3H3. The highest BCUT2D eigenvalue weighted by Gasteiger charge is 2.41. The van der Waals surface area contributed by atoms with Crippen molar-refractivity contribution < 1.29 is 0 Å². The van der Waals surface area contributed by atoms with E-state index in [2.05, 4.69) is 35.0 Å². The summed E-state index contributed by atoms with van der Waals surface area (Å²) in [5, 5.41) is 6.54. The SMILES string of the molecule is CC1=NN(C)C(C)(C2CC=CC=N2)C1. The Balaban J connectivity index is 2.18. The number of aliphatic imine (C=N–C) groups is 1. The number of hydrogen-bond acceptors (Lipinski definition) is 3. The Kier molecular flexibility index (Phi) is 2.17. The van der Waals surface area contributed by atoms with Crippen LogP contribution in [0.3, 0.4) is 0 Å². The van der Waals surface area contributed by atoms with Crippen LogP contribution in [0.15, 0.2) is 22.2 Å². The minimum atomic E-state index is 0.0747. The van der Waals surface area contributed by atoms with Crippen molar-refractivity contribution in [1.29, 1.82) is 0 Å². The molecular weight excluding hydrogens is 174 g/mol. The van der Waals surface area contributed by atoms with Crippen LogP contribution in [0.4, 0.5) is 0 Å². The first-order chi connectivity index (χ1) is 6.63. The van der Waals surface area contributed by atoms with Crippen LogP contribution in [0, 0.1) is 0 Å². The Bertz CT molecular complexity index is 316. The molecule has 76 valence electrons.